The van der Waals surface area contributed by atoms with Gasteiger partial charge >= 0.3 is 22.1 Å². The second kappa shape index (κ2) is 19.5. The van der Waals surface area contributed by atoms with E-state index in [1.807, 2.05) is 14.1 Å². The summed E-state index contributed by atoms with van der Waals surface area (Å²) in [7, 11) is -1.43. The first-order chi connectivity index (χ1) is 12.3. The molecule has 0 bridgehead atoms. The van der Waals surface area contributed by atoms with E-state index in [-0.39, 0.29) is 11.8 Å². The molecular weight excluding hydrogens is 420 g/mol. The van der Waals surface area contributed by atoms with Gasteiger partial charge in [0.1, 0.15) is 0 Å². The molecule has 0 aromatic carbocycles. The largest absolute Gasteiger partial charge is 0.759 e. The number of hydrogen-bond donors (Lipinski definition) is 6. The molecule has 0 radical (unpaired) electrons. The average Bonchev–Trinajstić information content (AvgIpc) is 2.45. The van der Waals surface area contributed by atoms with Crippen molar-refractivity contribution in [3.8, 4) is 0 Å². The third-order valence-corrected chi connectivity index (χ3v) is 3.46. The Balaban J connectivity index is -0.000000344. The highest BCUT2D eigenvalue weighted by Crippen LogP contribution is 1.92. The van der Waals surface area contributed by atoms with Crippen LogP contribution in [0.3, 0.4) is 0 Å². The highest BCUT2D eigenvalue weighted by molar-refractivity contribution is 8.13. The molecule has 0 fully saturated rings. The maximum Gasteiger partial charge on any atom is 0.309 e. The van der Waals surface area contributed by atoms with Crippen LogP contribution in [0, 0.1) is 0 Å². The zero-order chi connectivity index (χ0) is 21.9. The molecule has 0 unspecified atom stereocenters. The predicted molar refractivity (Wildman–Crippen MR) is 105 cm³/mol. The van der Waals surface area contributed by atoms with E-state index in [4.69, 9.17) is 29.0 Å². The summed E-state index contributed by atoms with van der Waals surface area (Å²) in [5.74, 6) is 1.48. The minimum Gasteiger partial charge on any atom is -0.759 e. The van der Waals surface area contributed by atoms with E-state index in [9.17, 15) is 9.59 Å². The van der Waals surface area contributed by atoms with Crippen molar-refractivity contribution < 1.29 is 37.1 Å². The zero-order valence-corrected chi connectivity index (χ0v) is 18.1. The van der Waals surface area contributed by atoms with Gasteiger partial charge in [-0.15, -0.1) is 0 Å². The van der Waals surface area contributed by atoms with Crippen LogP contribution in [0.1, 0.15) is 13.8 Å². The minimum absolute atomic E-state index is 0.126. The summed E-state index contributed by atoms with van der Waals surface area (Å²) in [4.78, 5) is 25.9. The monoisotopic (exact) mass is 448 g/mol. The van der Waals surface area contributed by atoms with Crippen LogP contribution in [0.15, 0.2) is 0 Å². The first-order valence-electron chi connectivity index (χ1n) is 7.34. The number of hydrogen-bond acceptors (Lipinski definition) is 10. The number of amides is 2. The molecule has 0 aromatic rings. The van der Waals surface area contributed by atoms with Crippen LogP contribution in [-0.4, -0.2) is 78.4 Å². The smallest absolute Gasteiger partial charge is 0.309 e. The maximum atomic E-state index is 10.4. The van der Waals surface area contributed by atoms with E-state index in [1.165, 1.54) is 37.4 Å². The van der Waals surface area contributed by atoms with E-state index in [0.29, 0.717) is 10.3 Å². The van der Waals surface area contributed by atoms with Crippen molar-refractivity contribution in [2.24, 2.45) is 11.5 Å². The fourth-order valence-electron chi connectivity index (χ4n) is 0.945. The lowest BCUT2D eigenvalue weighted by Gasteiger charge is -2.06. The van der Waals surface area contributed by atoms with Crippen LogP contribution in [-0.2, 0) is 20.0 Å². The van der Waals surface area contributed by atoms with Gasteiger partial charge in [0.05, 0.1) is 0 Å². The molecule has 0 saturated heterocycles. The molecule has 0 aliphatic carbocycles. The topological polar surface area (TPSA) is 218 Å². The first-order valence-corrected chi connectivity index (χ1v) is 10.6. The van der Waals surface area contributed by atoms with Gasteiger partial charge in [-0.2, -0.15) is 0 Å². The molecular formula is C12H28N6O6S3. The molecule has 0 rings (SSSR count). The molecule has 0 atom stereocenters. The van der Waals surface area contributed by atoms with Gasteiger partial charge in [-0.1, -0.05) is 0 Å². The van der Waals surface area contributed by atoms with Crippen molar-refractivity contribution in [2.45, 2.75) is 13.8 Å². The maximum absolute atomic E-state index is 10.4. The molecule has 0 aliphatic rings. The lowest BCUT2D eigenvalue weighted by atomic mass is 10.7. The highest BCUT2D eigenvalue weighted by Gasteiger charge is 2.00. The Morgan fingerprint density at radius 2 is 1.15 bits per heavy atom. The van der Waals surface area contributed by atoms with Gasteiger partial charge in [0, 0.05) is 48.8 Å². The Kier molecular flexibility index (Phi) is 22.1. The van der Waals surface area contributed by atoms with Crippen LogP contribution in [0.25, 0.3) is 0 Å². The van der Waals surface area contributed by atoms with Crippen LogP contribution >= 0.6 is 23.5 Å². The normalized spacial score (nSPS) is 11.6. The van der Waals surface area contributed by atoms with Crippen molar-refractivity contribution in [1.82, 2.24) is 10.6 Å². The standard InChI is InChI=1S/2C6H13N3OS.H2O4S/c2*1-5(10)9-6(7)11-4-3-8-2;1-5(2,3)4/h2*8H,3-4H2,1-2H3,(H2,7,9,10);(H2,1,2,3,4). The number of rotatable bonds is 6. The Labute approximate surface area is 168 Å². The van der Waals surface area contributed by atoms with Crippen molar-refractivity contribution in [3.63, 3.8) is 0 Å². The predicted octanol–water partition coefficient (Wildman–Crippen LogP) is -5.58. The summed E-state index contributed by atoms with van der Waals surface area (Å²) in [6, 6.07) is 0. The van der Waals surface area contributed by atoms with Crippen LogP contribution < -0.4 is 32.1 Å². The summed E-state index contributed by atoms with van der Waals surface area (Å²) in [5, 5.41) is 6.88. The van der Waals surface area contributed by atoms with Gasteiger partial charge in [0.15, 0.2) is 0 Å². The lowest BCUT2D eigenvalue weighted by molar-refractivity contribution is -0.374. The van der Waals surface area contributed by atoms with E-state index >= 15 is 0 Å². The summed E-state index contributed by atoms with van der Waals surface area (Å²) in [5.41, 5.74) is 10.9. The lowest BCUT2D eigenvalue weighted by Crippen LogP contribution is -2.77. The van der Waals surface area contributed by atoms with E-state index in [2.05, 4.69) is 20.6 Å². The summed E-state index contributed by atoms with van der Waals surface area (Å²) in [6.45, 7) is 4.63. The Bertz CT molecular complexity index is 538. The number of thioether (sulfide) groups is 2. The molecule has 12 nitrogen and oxygen atoms in total. The van der Waals surface area contributed by atoms with Gasteiger partial charge < -0.3 is 19.7 Å². The van der Waals surface area contributed by atoms with E-state index in [1.54, 1.807) is 0 Å². The molecule has 0 heterocycles. The van der Waals surface area contributed by atoms with Crippen molar-refractivity contribution in [1.29, 1.82) is 0 Å². The number of carbonyl (C=O) groups excluding carboxylic acids is 2. The number of nitrogens with one attached hydrogen (secondary N) is 4. The van der Waals surface area contributed by atoms with Crippen molar-refractivity contribution >= 4 is 56.1 Å². The summed E-state index contributed by atoms with van der Waals surface area (Å²) < 4.78 is 34.1. The van der Waals surface area contributed by atoms with Crippen LogP contribution in [0.4, 0.5) is 0 Å². The Morgan fingerprint density at radius 1 is 0.889 bits per heavy atom. The fourth-order valence-corrected chi connectivity index (χ4v) is 2.43. The molecule has 0 spiro atoms. The van der Waals surface area contributed by atoms with Crippen LogP contribution in [0.2, 0.25) is 0 Å². The molecule has 2 amide bonds. The van der Waals surface area contributed by atoms with E-state index < -0.39 is 10.4 Å². The molecule has 0 aromatic heterocycles. The number of carbonyl (C=O) groups is 2. The van der Waals surface area contributed by atoms with E-state index in [0.717, 1.165) is 24.6 Å². The molecule has 15 heteroatoms. The molecule has 0 aliphatic heterocycles. The zero-order valence-electron chi connectivity index (χ0n) is 15.7. The van der Waals surface area contributed by atoms with Gasteiger partial charge in [0.25, 0.3) is 0 Å². The summed E-state index contributed by atoms with van der Waals surface area (Å²) in [6.07, 6.45) is 0. The molecule has 27 heavy (non-hydrogen) atoms. The quantitative estimate of drug-likeness (QED) is 0.0736. The highest BCUT2D eigenvalue weighted by atomic mass is 32.3. The van der Waals surface area contributed by atoms with Crippen LogP contribution in [0.5, 0.6) is 0 Å². The Morgan fingerprint density at radius 3 is 1.33 bits per heavy atom. The second-order valence-corrected chi connectivity index (χ2v) is 7.49. The average molecular weight is 449 g/mol. The fraction of sp³-hybridized carbons (Fsp3) is 0.667. The number of amidine groups is 2. The summed E-state index contributed by atoms with van der Waals surface area (Å²) >= 11 is 2.86. The molecule has 160 valence electrons. The molecule has 0 saturated carbocycles. The van der Waals surface area contributed by atoms with Crippen molar-refractivity contribution in [2.75, 3.05) is 38.7 Å². The van der Waals surface area contributed by atoms with Gasteiger partial charge in [-0.3, -0.25) is 19.9 Å². The first kappa shape index (κ1) is 30.5. The third kappa shape index (κ3) is 45.7. The Hall–Kier alpha value is -1.23. The van der Waals surface area contributed by atoms with Crippen molar-refractivity contribution in [3.05, 3.63) is 0 Å². The van der Waals surface area contributed by atoms with Gasteiger partial charge in [-0.25, -0.2) is 19.6 Å². The third-order valence-electron chi connectivity index (χ3n) is 1.82. The second-order valence-electron chi connectivity index (χ2n) is 4.40. The minimum atomic E-state index is -5.17. The van der Waals surface area contributed by atoms with Gasteiger partial charge in [0.2, 0.25) is 0 Å². The van der Waals surface area contributed by atoms with Gasteiger partial charge in [-0.05, 0) is 37.6 Å². The molecule has 8 N–H and O–H groups in total. The SMILES string of the molecule is CNCCSC(N)=[NH+]C(C)=O.CNCCSC(N)=[NH+]C(C)=O.O=S(=O)([O-])[O-]. The number of nitrogens with two attached hydrogens (primary N) is 2.